The SMILES string of the molecule is C[C@H](CS(N)(=O)=O)N/C(=N\S(=O)(=O)c1ccc(C(F)(F)F)cc1)N1C[C@H](c2ccccc2)C(c2ccc(Cl)cc2)=N1. The van der Waals surface area contributed by atoms with Crippen molar-refractivity contribution >= 4 is 43.3 Å². The van der Waals surface area contributed by atoms with Gasteiger partial charge in [0.15, 0.2) is 0 Å². The predicted octanol–water partition coefficient (Wildman–Crippen LogP) is 4.17. The lowest BCUT2D eigenvalue weighted by Crippen LogP contribution is -2.46. The first-order valence-corrected chi connectivity index (χ1v) is 15.6. The van der Waals surface area contributed by atoms with Gasteiger partial charge in [-0.15, -0.1) is 4.40 Å². The summed E-state index contributed by atoms with van der Waals surface area (Å²) in [6.07, 6.45) is -4.66. The van der Waals surface area contributed by atoms with E-state index in [1.54, 1.807) is 24.3 Å². The number of nitrogens with one attached hydrogen (secondary N) is 1. The second-order valence-electron chi connectivity index (χ2n) is 9.32. The molecule has 1 aliphatic rings. The number of rotatable bonds is 7. The summed E-state index contributed by atoms with van der Waals surface area (Å²) in [5, 5.41) is 14.4. The average Bonchev–Trinajstić information content (AvgIpc) is 3.33. The maximum atomic E-state index is 13.2. The summed E-state index contributed by atoms with van der Waals surface area (Å²) in [6, 6.07) is 18.1. The third-order valence-corrected chi connectivity index (χ3v) is 8.54. The number of primary sulfonamides is 1. The molecule has 0 aromatic heterocycles. The maximum Gasteiger partial charge on any atom is 0.416 e. The standard InChI is InChI=1S/C26H25ClF3N5O4S2/c1-17(16-40(31,36)37)32-25(34-41(38,39)22-13-9-20(10-14-22)26(28,29)30)35-15-23(18-5-3-2-4-6-18)24(33-35)19-7-11-21(27)12-8-19/h2-14,17,23H,15-16H2,1H3,(H,32,34)(H2,31,36,37)/t17-,23-/m1/s1. The summed E-state index contributed by atoms with van der Waals surface area (Å²) in [4.78, 5) is -0.496. The Morgan fingerprint density at radius 2 is 1.66 bits per heavy atom. The quantitative estimate of drug-likeness (QED) is 0.298. The number of hydrogen-bond acceptors (Lipinski definition) is 5. The lowest BCUT2D eigenvalue weighted by atomic mass is 9.91. The van der Waals surface area contributed by atoms with Crippen molar-refractivity contribution < 1.29 is 30.0 Å². The minimum absolute atomic E-state index is 0.110. The largest absolute Gasteiger partial charge is 0.416 e. The number of benzene rings is 3. The number of hydrazone groups is 1. The van der Waals surface area contributed by atoms with Crippen molar-refractivity contribution in [2.24, 2.45) is 14.6 Å². The Labute approximate surface area is 240 Å². The van der Waals surface area contributed by atoms with E-state index in [2.05, 4.69) is 14.8 Å². The van der Waals surface area contributed by atoms with Crippen LogP contribution in [0.25, 0.3) is 0 Å². The second-order valence-corrected chi connectivity index (χ2v) is 13.0. The van der Waals surface area contributed by atoms with Crippen LogP contribution >= 0.6 is 11.6 Å². The van der Waals surface area contributed by atoms with E-state index in [1.807, 2.05) is 30.3 Å². The monoisotopic (exact) mass is 627 g/mol. The molecule has 15 heteroatoms. The van der Waals surface area contributed by atoms with Crippen molar-refractivity contribution in [2.75, 3.05) is 12.3 Å². The summed E-state index contributed by atoms with van der Waals surface area (Å²) in [5.74, 6) is -1.24. The molecule has 1 aliphatic heterocycles. The van der Waals surface area contributed by atoms with Crippen LogP contribution in [0, 0.1) is 0 Å². The highest BCUT2D eigenvalue weighted by Crippen LogP contribution is 2.31. The van der Waals surface area contributed by atoms with E-state index in [9.17, 15) is 30.0 Å². The fourth-order valence-electron chi connectivity index (χ4n) is 4.20. The molecule has 3 aromatic carbocycles. The van der Waals surface area contributed by atoms with E-state index in [0.717, 1.165) is 17.7 Å². The molecule has 0 fully saturated rings. The number of alkyl halides is 3. The van der Waals surface area contributed by atoms with E-state index in [-0.39, 0.29) is 18.4 Å². The second kappa shape index (κ2) is 11.8. The van der Waals surface area contributed by atoms with Crippen molar-refractivity contribution in [3.05, 3.63) is 101 Å². The molecule has 218 valence electrons. The van der Waals surface area contributed by atoms with E-state index >= 15 is 0 Å². The van der Waals surface area contributed by atoms with Gasteiger partial charge in [0, 0.05) is 17.0 Å². The fraction of sp³-hybridized carbons (Fsp3) is 0.231. The fourth-order valence-corrected chi connectivity index (χ4v) is 6.07. The number of guanidine groups is 1. The van der Waals surface area contributed by atoms with Gasteiger partial charge in [0.05, 0.1) is 28.5 Å². The van der Waals surface area contributed by atoms with E-state index in [4.69, 9.17) is 16.7 Å². The smallest absolute Gasteiger partial charge is 0.350 e. The molecular weight excluding hydrogens is 603 g/mol. The van der Waals surface area contributed by atoms with Gasteiger partial charge < -0.3 is 5.32 Å². The van der Waals surface area contributed by atoms with Gasteiger partial charge in [0.2, 0.25) is 16.0 Å². The third-order valence-electron chi connectivity index (χ3n) is 6.04. The van der Waals surface area contributed by atoms with Gasteiger partial charge in [-0.25, -0.2) is 18.6 Å². The molecule has 0 bridgehead atoms. The lowest BCUT2D eigenvalue weighted by molar-refractivity contribution is -0.137. The molecule has 3 aromatic rings. The van der Waals surface area contributed by atoms with Gasteiger partial charge in [-0.1, -0.05) is 54.1 Å². The molecule has 9 nitrogen and oxygen atoms in total. The molecule has 1 heterocycles. The molecular formula is C26H25ClF3N5O4S2. The minimum Gasteiger partial charge on any atom is -0.350 e. The molecule has 2 atom stereocenters. The molecule has 0 amide bonds. The zero-order chi connectivity index (χ0) is 30.0. The van der Waals surface area contributed by atoms with Gasteiger partial charge in [-0.3, -0.25) is 0 Å². The number of sulfonamides is 2. The van der Waals surface area contributed by atoms with Crippen molar-refractivity contribution in [1.29, 1.82) is 0 Å². The Balaban J connectivity index is 1.79. The number of halogens is 4. The van der Waals surface area contributed by atoms with Crippen LogP contribution in [0.5, 0.6) is 0 Å². The molecule has 4 rings (SSSR count). The lowest BCUT2D eigenvalue weighted by Gasteiger charge is -2.22. The van der Waals surface area contributed by atoms with E-state index in [1.165, 1.54) is 11.9 Å². The molecule has 0 unspecified atom stereocenters. The highest BCUT2D eigenvalue weighted by molar-refractivity contribution is 7.90. The Morgan fingerprint density at radius 1 is 1.05 bits per heavy atom. The van der Waals surface area contributed by atoms with Gasteiger partial charge in [0.1, 0.15) is 0 Å². The van der Waals surface area contributed by atoms with Crippen LogP contribution in [0.3, 0.4) is 0 Å². The van der Waals surface area contributed by atoms with Gasteiger partial charge >= 0.3 is 6.18 Å². The topological polar surface area (TPSA) is 134 Å². The molecule has 3 N–H and O–H groups in total. The zero-order valence-electron chi connectivity index (χ0n) is 21.5. The first-order valence-electron chi connectivity index (χ1n) is 12.1. The summed E-state index contributed by atoms with van der Waals surface area (Å²) in [7, 11) is -8.53. The molecule has 41 heavy (non-hydrogen) atoms. The van der Waals surface area contributed by atoms with Gasteiger partial charge in [0.25, 0.3) is 10.0 Å². The molecule has 0 saturated carbocycles. The molecule has 0 spiro atoms. The van der Waals surface area contributed by atoms with Crippen molar-refractivity contribution in [3.63, 3.8) is 0 Å². The highest BCUT2D eigenvalue weighted by atomic mass is 35.5. The molecule has 0 aliphatic carbocycles. The summed E-state index contributed by atoms with van der Waals surface area (Å²) < 4.78 is 92.7. The van der Waals surface area contributed by atoms with E-state index < -0.39 is 48.5 Å². The Hall–Kier alpha value is -3.46. The number of nitrogens with zero attached hydrogens (tertiary/aromatic N) is 3. The zero-order valence-corrected chi connectivity index (χ0v) is 23.8. The normalized spacial score (nSPS) is 17.3. The van der Waals surface area contributed by atoms with Crippen LogP contribution in [0.4, 0.5) is 13.2 Å². The van der Waals surface area contributed by atoms with Crippen LogP contribution in [0.2, 0.25) is 5.02 Å². The van der Waals surface area contributed by atoms with Crippen molar-refractivity contribution in [2.45, 2.75) is 30.0 Å². The minimum atomic E-state index is -4.66. The van der Waals surface area contributed by atoms with Crippen LogP contribution in [0.15, 0.2) is 93.3 Å². The summed E-state index contributed by atoms with van der Waals surface area (Å²) >= 11 is 6.06. The van der Waals surface area contributed by atoms with Crippen LogP contribution in [-0.2, 0) is 26.2 Å². The highest BCUT2D eigenvalue weighted by Gasteiger charge is 2.34. The summed E-state index contributed by atoms with van der Waals surface area (Å²) in [6.45, 7) is 1.57. The Bertz CT molecular complexity index is 1660. The first kappa shape index (κ1) is 30.5. The van der Waals surface area contributed by atoms with E-state index in [0.29, 0.717) is 28.4 Å². The number of hydrogen-bond donors (Lipinski definition) is 2. The van der Waals surface area contributed by atoms with Crippen LogP contribution < -0.4 is 10.5 Å². The average molecular weight is 628 g/mol. The van der Waals surface area contributed by atoms with Gasteiger partial charge in [-0.2, -0.15) is 26.7 Å². The van der Waals surface area contributed by atoms with Crippen molar-refractivity contribution in [3.8, 4) is 0 Å². The number of nitrogens with two attached hydrogens (primary N) is 1. The predicted molar refractivity (Wildman–Crippen MR) is 151 cm³/mol. The Morgan fingerprint density at radius 3 is 2.22 bits per heavy atom. The third kappa shape index (κ3) is 7.85. The summed E-state index contributed by atoms with van der Waals surface area (Å²) in [5.41, 5.74) is 1.11. The maximum absolute atomic E-state index is 13.2. The van der Waals surface area contributed by atoms with Crippen LogP contribution in [-0.4, -0.2) is 51.9 Å². The van der Waals surface area contributed by atoms with Gasteiger partial charge in [-0.05, 0) is 54.4 Å². The Kier molecular flexibility index (Phi) is 8.78. The van der Waals surface area contributed by atoms with Crippen molar-refractivity contribution in [1.82, 2.24) is 10.3 Å². The first-order chi connectivity index (χ1) is 19.1. The van der Waals surface area contributed by atoms with Crippen LogP contribution in [0.1, 0.15) is 29.5 Å². The molecule has 0 saturated heterocycles. The molecule has 0 radical (unpaired) electrons.